The van der Waals surface area contributed by atoms with Crippen LogP contribution in [0.1, 0.15) is 40.7 Å². The highest BCUT2D eigenvalue weighted by atomic mass is 35.5. The summed E-state index contributed by atoms with van der Waals surface area (Å²) in [7, 11) is -0.887. The Morgan fingerprint density at radius 3 is 2.76 bits per heavy atom. The monoisotopic (exact) mass is 437 g/mol. The lowest BCUT2D eigenvalue weighted by atomic mass is 10.0. The standard InChI is InChI=1S/C21H28ClN3O3S/c1-25(13-11-16-6-2-3-7-19(16)22)12-5-4-8-21(26)17-9-10-20-18(14-17)15-23-29(27,28)24-20/h2-3,6-7,9-10,14,23-24,27-28H,4-5,8,11-13,15H2,1H3. The molecule has 0 saturated carbocycles. The average molecular weight is 438 g/mol. The molecule has 1 heterocycles. The molecule has 0 saturated heterocycles. The van der Waals surface area contributed by atoms with Crippen LogP contribution >= 0.6 is 22.6 Å². The average Bonchev–Trinajstić information content (AvgIpc) is 2.69. The molecule has 4 N–H and O–H groups in total. The van der Waals surface area contributed by atoms with E-state index in [0.29, 0.717) is 24.2 Å². The van der Waals surface area contributed by atoms with E-state index >= 15 is 0 Å². The molecule has 0 atom stereocenters. The second kappa shape index (κ2) is 9.93. The Kier molecular flexibility index (Phi) is 7.56. The number of carbonyl (C=O) groups excluding carboxylic acids is 1. The maximum Gasteiger partial charge on any atom is 0.162 e. The number of ketones is 1. The Bertz CT molecular complexity index is 863. The van der Waals surface area contributed by atoms with Crippen molar-refractivity contribution in [3.8, 4) is 0 Å². The Labute approximate surface area is 178 Å². The van der Waals surface area contributed by atoms with Crippen LogP contribution in [-0.4, -0.2) is 39.9 Å². The number of hydrogen-bond donors (Lipinski definition) is 4. The molecule has 0 fully saturated rings. The topological polar surface area (TPSA) is 84.8 Å². The molecule has 2 aromatic carbocycles. The number of carbonyl (C=O) groups is 1. The number of nitrogens with one attached hydrogen (secondary N) is 2. The maximum absolute atomic E-state index is 12.5. The SMILES string of the molecule is CN(CCCCC(=O)c1ccc2c(c1)CNS(O)(O)N2)CCc1ccccc1Cl. The Morgan fingerprint density at radius 1 is 1.17 bits per heavy atom. The van der Waals surface area contributed by atoms with Crippen LogP contribution in [0, 0.1) is 0 Å². The van der Waals surface area contributed by atoms with E-state index in [1.807, 2.05) is 24.3 Å². The third-order valence-corrected chi connectivity index (χ3v) is 6.48. The van der Waals surface area contributed by atoms with Crippen LogP contribution in [0.5, 0.6) is 0 Å². The zero-order valence-corrected chi connectivity index (χ0v) is 18.1. The molecular weight excluding hydrogens is 410 g/mol. The number of benzene rings is 2. The fraction of sp³-hybridized carbons (Fsp3) is 0.381. The number of nitrogens with zero attached hydrogens (tertiary/aromatic N) is 1. The molecule has 6 nitrogen and oxygen atoms in total. The number of hydrogen-bond acceptors (Lipinski definition) is 6. The van der Waals surface area contributed by atoms with Gasteiger partial charge in [-0.1, -0.05) is 40.8 Å². The van der Waals surface area contributed by atoms with Gasteiger partial charge in [-0.15, -0.1) is 0 Å². The first-order valence-corrected chi connectivity index (χ1v) is 11.7. The number of halogens is 1. The highest BCUT2D eigenvalue weighted by molar-refractivity contribution is 8.23. The van der Waals surface area contributed by atoms with E-state index in [1.54, 1.807) is 12.1 Å². The number of fused-ring (bicyclic) bond motifs is 1. The second-order valence-corrected chi connectivity index (χ2v) is 9.37. The molecule has 0 bridgehead atoms. The van der Waals surface area contributed by atoms with Crippen molar-refractivity contribution in [3.05, 3.63) is 64.2 Å². The van der Waals surface area contributed by atoms with Crippen LogP contribution in [0.3, 0.4) is 0 Å². The molecule has 0 spiro atoms. The number of anilines is 1. The van der Waals surface area contributed by atoms with Crippen molar-refractivity contribution in [1.82, 2.24) is 9.62 Å². The van der Waals surface area contributed by atoms with Gasteiger partial charge in [0.25, 0.3) is 0 Å². The van der Waals surface area contributed by atoms with Gasteiger partial charge in [-0.05, 0) is 68.2 Å². The molecule has 0 aromatic heterocycles. The van der Waals surface area contributed by atoms with Gasteiger partial charge >= 0.3 is 0 Å². The predicted octanol–water partition coefficient (Wildman–Crippen LogP) is 4.96. The highest BCUT2D eigenvalue weighted by Crippen LogP contribution is 2.40. The lowest BCUT2D eigenvalue weighted by Crippen LogP contribution is -2.30. The molecule has 3 rings (SSSR count). The van der Waals surface area contributed by atoms with Crippen molar-refractivity contribution >= 4 is 34.0 Å². The van der Waals surface area contributed by atoms with Crippen molar-refractivity contribution in [2.45, 2.75) is 32.2 Å². The van der Waals surface area contributed by atoms with Gasteiger partial charge in [0.05, 0.1) is 5.69 Å². The van der Waals surface area contributed by atoms with E-state index in [-0.39, 0.29) is 5.78 Å². The van der Waals surface area contributed by atoms with Crippen molar-refractivity contribution in [2.75, 3.05) is 24.9 Å². The van der Waals surface area contributed by atoms with Crippen molar-refractivity contribution < 1.29 is 13.9 Å². The fourth-order valence-electron chi connectivity index (χ4n) is 3.32. The molecule has 0 aliphatic carbocycles. The normalized spacial score (nSPS) is 16.2. The zero-order chi connectivity index (χ0) is 20.9. The quantitative estimate of drug-likeness (QED) is 0.327. The van der Waals surface area contributed by atoms with Gasteiger partial charge in [0.15, 0.2) is 5.78 Å². The summed E-state index contributed by atoms with van der Waals surface area (Å²) in [4.78, 5) is 14.8. The minimum Gasteiger partial charge on any atom is -0.306 e. The summed E-state index contributed by atoms with van der Waals surface area (Å²) in [6.07, 6.45) is 3.22. The summed E-state index contributed by atoms with van der Waals surface area (Å²) in [6.45, 7) is 2.19. The van der Waals surface area contributed by atoms with Crippen LogP contribution in [0.15, 0.2) is 42.5 Å². The molecule has 0 unspecified atom stereocenters. The third kappa shape index (κ3) is 6.44. The molecule has 0 amide bonds. The van der Waals surface area contributed by atoms with Gasteiger partial charge in [-0.3, -0.25) is 18.6 Å². The van der Waals surface area contributed by atoms with Gasteiger partial charge in [0.1, 0.15) is 0 Å². The summed E-state index contributed by atoms with van der Waals surface area (Å²) in [5.41, 5.74) is 3.34. The number of rotatable bonds is 9. The third-order valence-electron chi connectivity index (χ3n) is 5.06. The van der Waals surface area contributed by atoms with Gasteiger partial charge in [-0.2, -0.15) is 4.72 Å². The first kappa shape index (κ1) is 22.1. The van der Waals surface area contributed by atoms with Crippen molar-refractivity contribution in [3.63, 3.8) is 0 Å². The summed E-state index contributed by atoms with van der Waals surface area (Å²) < 4.78 is 24.6. The Morgan fingerprint density at radius 2 is 1.97 bits per heavy atom. The molecular formula is C21H28ClN3O3S. The van der Waals surface area contributed by atoms with Gasteiger partial charge in [-0.25, -0.2) is 0 Å². The van der Waals surface area contributed by atoms with E-state index in [1.165, 1.54) is 0 Å². The van der Waals surface area contributed by atoms with E-state index in [0.717, 1.165) is 48.5 Å². The molecule has 29 heavy (non-hydrogen) atoms. The maximum atomic E-state index is 12.5. The van der Waals surface area contributed by atoms with E-state index in [2.05, 4.69) is 27.5 Å². The van der Waals surface area contributed by atoms with Gasteiger partial charge in [0, 0.05) is 30.1 Å². The molecule has 1 aliphatic heterocycles. The van der Waals surface area contributed by atoms with Crippen LogP contribution in [-0.2, 0) is 13.0 Å². The van der Waals surface area contributed by atoms with Gasteiger partial charge in [0.2, 0.25) is 0 Å². The van der Waals surface area contributed by atoms with E-state index in [4.69, 9.17) is 11.6 Å². The minimum atomic E-state index is -2.98. The smallest absolute Gasteiger partial charge is 0.162 e. The van der Waals surface area contributed by atoms with Crippen molar-refractivity contribution in [2.24, 2.45) is 0 Å². The van der Waals surface area contributed by atoms with Gasteiger partial charge < -0.3 is 4.90 Å². The largest absolute Gasteiger partial charge is 0.306 e. The van der Waals surface area contributed by atoms with E-state index < -0.39 is 11.0 Å². The molecule has 158 valence electrons. The summed E-state index contributed by atoms with van der Waals surface area (Å²) in [5, 5.41) is 0.812. The van der Waals surface area contributed by atoms with E-state index in [9.17, 15) is 13.9 Å². The van der Waals surface area contributed by atoms with Crippen LogP contribution in [0.4, 0.5) is 5.69 Å². The number of unbranched alkanes of at least 4 members (excludes halogenated alkanes) is 1. The second-order valence-electron chi connectivity index (χ2n) is 7.37. The first-order chi connectivity index (χ1) is 13.8. The summed E-state index contributed by atoms with van der Waals surface area (Å²) in [5.74, 6) is 0.115. The Balaban J connectivity index is 1.39. The zero-order valence-electron chi connectivity index (χ0n) is 16.5. The number of Topliss-reactive ketones (excluding diaryl/α,β-unsaturated/α-hetero) is 1. The molecule has 2 aromatic rings. The minimum absolute atomic E-state index is 0.115. The van der Waals surface area contributed by atoms with Crippen LogP contribution in [0.2, 0.25) is 5.02 Å². The fourth-order valence-corrected chi connectivity index (χ4v) is 4.48. The van der Waals surface area contributed by atoms with Crippen LogP contribution in [0.25, 0.3) is 0 Å². The molecule has 1 aliphatic rings. The number of likely N-dealkylation sites (N-methyl/N-ethyl adjacent to an activating group) is 1. The molecule has 0 radical (unpaired) electrons. The predicted molar refractivity (Wildman–Crippen MR) is 121 cm³/mol. The first-order valence-electron chi connectivity index (χ1n) is 9.73. The lowest BCUT2D eigenvalue weighted by Gasteiger charge is -2.38. The lowest BCUT2D eigenvalue weighted by molar-refractivity contribution is 0.0978. The Hall–Kier alpha value is -1.61. The van der Waals surface area contributed by atoms with Crippen molar-refractivity contribution in [1.29, 1.82) is 0 Å². The van der Waals surface area contributed by atoms with Crippen LogP contribution < -0.4 is 9.44 Å². The molecule has 8 heteroatoms. The summed E-state index contributed by atoms with van der Waals surface area (Å²) in [6, 6.07) is 13.2. The highest BCUT2D eigenvalue weighted by Gasteiger charge is 2.21. The summed E-state index contributed by atoms with van der Waals surface area (Å²) >= 11 is 6.20.